The quantitative estimate of drug-likeness (QED) is 0.820. The minimum atomic E-state index is 0.457. The summed E-state index contributed by atoms with van der Waals surface area (Å²) < 4.78 is 0. The van der Waals surface area contributed by atoms with Crippen LogP contribution in [0.25, 0.3) is 0 Å². The molecule has 0 saturated carbocycles. The van der Waals surface area contributed by atoms with E-state index in [-0.39, 0.29) is 0 Å². The molecule has 1 aromatic carbocycles. The zero-order valence-corrected chi connectivity index (χ0v) is 10.4. The molecule has 0 fully saturated rings. The average Bonchev–Trinajstić information content (AvgIpc) is 2.46. The highest BCUT2D eigenvalue weighted by molar-refractivity contribution is 5.42. The minimum absolute atomic E-state index is 0.457. The molecular formula is C15H15N3. The van der Waals surface area contributed by atoms with Crippen molar-refractivity contribution in [2.45, 2.75) is 13.5 Å². The van der Waals surface area contributed by atoms with Crippen LogP contribution in [0, 0.1) is 11.3 Å². The maximum absolute atomic E-state index is 8.88. The molecule has 18 heavy (non-hydrogen) atoms. The van der Waals surface area contributed by atoms with Gasteiger partial charge in [0.05, 0.1) is 0 Å². The van der Waals surface area contributed by atoms with Gasteiger partial charge in [-0.15, -0.1) is 0 Å². The molecule has 1 aromatic heterocycles. The summed E-state index contributed by atoms with van der Waals surface area (Å²) in [5.41, 5.74) is 1.70. The molecule has 1 heterocycles. The lowest BCUT2D eigenvalue weighted by atomic mass is 10.2. The molecule has 0 saturated heterocycles. The first-order valence-electron chi connectivity index (χ1n) is 5.99. The second-order valence-electron chi connectivity index (χ2n) is 3.99. The Balaban J connectivity index is 2.21. The summed E-state index contributed by atoms with van der Waals surface area (Å²) in [6.07, 6.45) is 0. The van der Waals surface area contributed by atoms with E-state index in [9.17, 15) is 0 Å². The smallest absolute Gasteiger partial charge is 0.142 e. The fourth-order valence-electron chi connectivity index (χ4n) is 1.82. The molecule has 3 heteroatoms. The monoisotopic (exact) mass is 237 g/mol. The largest absolute Gasteiger partial charge is 0.353 e. The van der Waals surface area contributed by atoms with Crippen LogP contribution in [0.1, 0.15) is 18.2 Å². The summed E-state index contributed by atoms with van der Waals surface area (Å²) in [7, 11) is 0. The third-order valence-electron chi connectivity index (χ3n) is 2.77. The van der Waals surface area contributed by atoms with Crippen LogP contribution in [0.3, 0.4) is 0 Å². The molecule has 0 bridgehead atoms. The van der Waals surface area contributed by atoms with Crippen LogP contribution >= 0.6 is 0 Å². The molecule has 0 aliphatic carbocycles. The van der Waals surface area contributed by atoms with E-state index in [4.69, 9.17) is 5.26 Å². The number of rotatable bonds is 4. The molecule has 0 unspecified atom stereocenters. The first-order chi connectivity index (χ1) is 8.83. The lowest BCUT2D eigenvalue weighted by Gasteiger charge is -2.22. The molecule has 0 amide bonds. The van der Waals surface area contributed by atoms with E-state index in [2.05, 4.69) is 35.0 Å². The molecule has 2 aromatic rings. The molecular weight excluding hydrogens is 222 g/mol. The fraction of sp³-hybridized carbons (Fsp3) is 0.200. The van der Waals surface area contributed by atoms with Gasteiger partial charge in [0.2, 0.25) is 0 Å². The SMILES string of the molecule is CCN(Cc1ccccc1)c1cccc(C#N)n1. The molecule has 90 valence electrons. The number of nitriles is 1. The molecule has 0 aliphatic rings. The van der Waals surface area contributed by atoms with Gasteiger partial charge in [0.15, 0.2) is 0 Å². The van der Waals surface area contributed by atoms with Gasteiger partial charge in [-0.05, 0) is 24.6 Å². The highest BCUT2D eigenvalue weighted by Crippen LogP contribution is 2.14. The van der Waals surface area contributed by atoms with Gasteiger partial charge in [0.1, 0.15) is 17.6 Å². The molecule has 0 N–H and O–H groups in total. The molecule has 0 atom stereocenters. The van der Waals surface area contributed by atoms with Crippen molar-refractivity contribution in [3.63, 3.8) is 0 Å². The Hall–Kier alpha value is -2.34. The van der Waals surface area contributed by atoms with Crippen LogP contribution in [-0.2, 0) is 6.54 Å². The van der Waals surface area contributed by atoms with Crippen molar-refractivity contribution in [1.82, 2.24) is 4.98 Å². The normalized spacial score (nSPS) is 9.78. The number of hydrogen-bond donors (Lipinski definition) is 0. The van der Waals surface area contributed by atoms with Gasteiger partial charge < -0.3 is 4.90 Å². The first-order valence-corrected chi connectivity index (χ1v) is 5.99. The van der Waals surface area contributed by atoms with E-state index in [0.29, 0.717) is 5.69 Å². The number of benzene rings is 1. The van der Waals surface area contributed by atoms with Gasteiger partial charge in [-0.1, -0.05) is 36.4 Å². The highest BCUT2D eigenvalue weighted by atomic mass is 15.2. The van der Waals surface area contributed by atoms with Crippen LogP contribution in [0.4, 0.5) is 5.82 Å². The Kier molecular flexibility index (Phi) is 3.93. The summed E-state index contributed by atoms with van der Waals surface area (Å²) in [4.78, 5) is 6.47. The van der Waals surface area contributed by atoms with E-state index >= 15 is 0 Å². The summed E-state index contributed by atoms with van der Waals surface area (Å²) in [6, 6.07) is 17.9. The van der Waals surface area contributed by atoms with Crippen LogP contribution in [0.15, 0.2) is 48.5 Å². The van der Waals surface area contributed by atoms with Crippen molar-refractivity contribution < 1.29 is 0 Å². The summed E-state index contributed by atoms with van der Waals surface area (Å²) in [5.74, 6) is 0.848. The van der Waals surface area contributed by atoms with E-state index < -0.39 is 0 Å². The van der Waals surface area contributed by atoms with Crippen molar-refractivity contribution in [2.24, 2.45) is 0 Å². The Morgan fingerprint density at radius 1 is 1.11 bits per heavy atom. The predicted molar refractivity (Wildman–Crippen MR) is 72.1 cm³/mol. The summed E-state index contributed by atoms with van der Waals surface area (Å²) >= 11 is 0. The Morgan fingerprint density at radius 3 is 2.56 bits per heavy atom. The third-order valence-corrected chi connectivity index (χ3v) is 2.77. The maximum atomic E-state index is 8.88. The second kappa shape index (κ2) is 5.83. The van der Waals surface area contributed by atoms with E-state index in [1.165, 1.54) is 5.56 Å². The maximum Gasteiger partial charge on any atom is 0.142 e. The second-order valence-corrected chi connectivity index (χ2v) is 3.99. The number of hydrogen-bond acceptors (Lipinski definition) is 3. The van der Waals surface area contributed by atoms with E-state index in [0.717, 1.165) is 18.9 Å². The van der Waals surface area contributed by atoms with Crippen molar-refractivity contribution in [1.29, 1.82) is 5.26 Å². The van der Waals surface area contributed by atoms with Crippen molar-refractivity contribution in [3.05, 3.63) is 59.8 Å². The van der Waals surface area contributed by atoms with Gasteiger partial charge in [0, 0.05) is 13.1 Å². The average molecular weight is 237 g/mol. The van der Waals surface area contributed by atoms with Gasteiger partial charge in [-0.2, -0.15) is 5.26 Å². The van der Waals surface area contributed by atoms with Gasteiger partial charge >= 0.3 is 0 Å². The predicted octanol–water partition coefficient (Wildman–Crippen LogP) is 2.98. The molecule has 2 rings (SSSR count). The number of nitrogens with zero attached hydrogens (tertiary/aromatic N) is 3. The zero-order valence-electron chi connectivity index (χ0n) is 10.4. The van der Waals surface area contributed by atoms with Gasteiger partial charge in [0.25, 0.3) is 0 Å². The summed E-state index contributed by atoms with van der Waals surface area (Å²) in [5, 5.41) is 8.88. The number of anilines is 1. The van der Waals surface area contributed by atoms with Crippen molar-refractivity contribution in [3.8, 4) is 6.07 Å². The van der Waals surface area contributed by atoms with Crippen LogP contribution in [-0.4, -0.2) is 11.5 Å². The zero-order chi connectivity index (χ0) is 12.8. The van der Waals surface area contributed by atoms with Crippen LogP contribution in [0.5, 0.6) is 0 Å². The first kappa shape index (κ1) is 12.1. The van der Waals surface area contributed by atoms with Gasteiger partial charge in [-0.3, -0.25) is 0 Å². The molecule has 0 spiro atoms. The van der Waals surface area contributed by atoms with Crippen LogP contribution < -0.4 is 4.90 Å². The van der Waals surface area contributed by atoms with Crippen LogP contribution in [0.2, 0.25) is 0 Å². The lowest BCUT2D eigenvalue weighted by molar-refractivity contribution is 0.812. The number of pyridine rings is 1. The minimum Gasteiger partial charge on any atom is -0.353 e. The fourth-order valence-corrected chi connectivity index (χ4v) is 1.82. The molecule has 0 radical (unpaired) electrons. The summed E-state index contributed by atoms with van der Waals surface area (Å²) in [6.45, 7) is 3.75. The number of aromatic nitrogens is 1. The third kappa shape index (κ3) is 2.86. The van der Waals surface area contributed by atoms with Crippen molar-refractivity contribution >= 4 is 5.82 Å². The lowest BCUT2D eigenvalue weighted by Crippen LogP contribution is -2.23. The Morgan fingerprint density at radius 2 is 1.89 bits per heavy atom. The Bertz CT molecular complexity index is 543. The molecule has 0 aliphatic heterocycles. The standard InChI is InChI=1S/C15H15N3/c1-2-18(12-13-7-4-3-5-8-13)15-10-6-9-14(11-16)17-15/h3-10H,2,12H2,1H3. The van der Waals surface area contributed by atoms with E-state index in [1.54, 1.807) is 6.07 Å². The highest BCUT2D eigenvalue weighted by Gasteiger charge is 2.07. The van der Waals surface area contributed by atoms with E-state index in [1.807, 2.05) is 30.3 Å². The van der Waals surface area contributed by atoms with Crippen molar-refractivity contribution in [2.75, 3.05) is 11.4 Å². The molecule has 3 nitrogen and oxygen atoms in total. The van der Waals surface area contributed by atoms with Gasteiger partial charge in [-0.25, -0.2) is 4.98 Å². The Labute approximate surface area is 107 Å². The topological polar surface area (TPSA) is 39.9 Å².